The standard InChI is InChI=1S/C16H8N6O2S/c23-22(24)10-7-5-9(6-8-10)15-20-21-14-13(18-19-16(21)25-15)11-3-1-2-4-12(11)17-14/h1-8H. The maximum atomic E-state index is 10.8. The third kappa shape index (κ3) is 2.06. The van der Waals surface area contributed by atoms with Gasteiger partial charge in [0, 0.05) is 23.1 Å². The van der Waals surface area contributed by atoms with E-state index in [-0.39, 0.29) is 5.69 Å². The molecular formula is C16H8N6O2S. The maximum absolute atomic E-state index is 10.8. The van der Waals surface area contributed by atoms with E-state index >= 15 is 0 Å². The van der Waals surface area contributed by atoms with Gasteiger partial charge in [0.05, 0.1) is 10.4 Å². The summed E-state index contributed by atoms with van der Waals surface area (Å²) in [6, 6.07) is 14.0. The molecule has 0 unspecified atom stereocenters. The smallest absolute Gasteiger partial charge is 0.258 e. The molecule has 2 aromatic carbocycles. The number of fused-ring (bicyclic) bond motifs is 5. The van der Waals surface area contributed by atoms with Crippen molar-refractivity contribution in [3.05, 3.63) is 58.6 Å². The van der Waals surface area contributed by atoms with Crippen LogP contribution in [0.25, 0.3) is 38.0 Å². The van der Waals surface area contributed by atoms with E-state index in [1.807, 2.05) is 24.3 Å². The summed E-state index contributed by atoms with van der Waals surface area (Å²) in [5.41, 5.74) is 2.37. The highest BCUT2D eigenvalue weighted by Gasteiger charge is 2.20. The first kappa shape index (κ1) is 13.9. The molecule has 0 saturated heterocycles. The third-order valence-electron chi connectivity index (χ3n) is 3.92. The Bertz CT molecular complexity index is 1230. The number of nitrogens with zero attached hydrogens (tertiary/aromatic N) is 6. The highest BCUT2D eigenvalue weighted by molar-refractivity contribution is 7.19. The van der Waals surface area contributed by atoms with E-state index < -0.39 is 4.92 Å². The number of hydrogen-bond acceptors (Lipinski definition) is 7. The third-order valence-corrected chi connectivity index (χ3v) is 4.87. The van der Waals surface area contributed by atoms with Gasteiger partial charge in [0.15, 0.2) is 5.82 Å². The predicted molar refractivity (Wildman–Crippen MR) is 92.7 cm³/mol. The van der Waals surface area contributed by atoms with Crippen LogP contribution in [0.5, 0.6) is 0 Å². The fraction of sp³-hybridized carbons (Fsp3) is 0. The maximum Gasteiger partial charge on any atom is 0.269 e. The molecule has 0 aliphatic carbocycles. The van der Waals surface area contributed by atoms with Crippen LogP contribution in [-0.2, 0) is 0 Å². The van der Waals surface area contributed by atoms with Crippen LogP contribution in [0.15, 0.2) is 48.5 Å². The van der Waals surface area contributed by atoms with Gasteiger partial charge in [-0.1, -0.05) is 29.5 Å². The minimum Gasteiger partial charge on any atom is -0.258 e. The minimum absolute atomic E-state index is 0.0450. The first-order valence-corrected chi connectivity index (χ1v) is 8.18. The normalized spacial score (nSPS) is 11.5. The van der Waals surface area contributed by atoms with Crippen molar-refractivity contribution < 1.29 is 4.92 Å². The zero-order valence-electron chi connectivity index (χ0n) is 12.5. The average Bonchev–Trinajstić information content (AvgIpc) is 3.23. The molecule has 2 aliphatic heterocycles. The van der Waals surface area contributed by atoms with Crippen LogP contribution in [0.2, 0.25) is 0 Å². The Kier molecular flexibility index (Phi) is 2.80. The van der Waals surface area contributed by atoms with Crippen molar-refractivity contribution in [1.82, 2.24) is 24.8 Å². The molecule has 0 bridgehead atoms. The molecule has 0 amide bonds. The Morgan fingerprint density at radius 2 is 1.84 bits per heavy atom. The lowest BCUT2D eigenvalue weighted by Crippen LogP contribution is -1.99. The van der Waals surface area contributed by atoms with Crippen molar-refractivity contribution >= 4 is 32.9 Å². The molecule has 0 atom stereocenters. The molecular weight excluding hydrogens is 340 g/mol. The summed E-state index contributed by atoms with van der Waals surface area (Å²) in [5.74, 6) is 0.649. The molecule has 0 spiro atoms. The van der Waals surface area contributed by atoms with Gasteiger partial charge in [-0.25, -0.2) is 4.98 Å². The highest BCUT2D eigenvalue weighted by Crippen LogP contribution is 2.32. The Hall–Kier alpha value is -3.46. The number of para-hydroxylation sites is 1. The van der Waals surface area contributed by atoms with Crippen LogP contribution in [-0.4, -0.2) is 29.7 Å². The van der Waals surface area contributed by atoms with E-state index in [1.165, 1.54) is 23.5 Å². The summed E-state index contributed by atoms with van der Waals surface area (Å²) in [6.45, 7) is 0. The van der Waals surface area contributed by atoms with Crippen LogP contribution < -0.4 is 0 Å². The number of hydrogen-bond donors (Lipinski definition) is 0. The predicted octanol–water partition coefficient (Wildman–Crippen LogP) is 3.41. The SMILES string of the molecule is O=[N+]([O-])c1ccc(-c2nn3c4nc5ccccc5c-4nnc3s2)cc1. The largest absolute Gasteiger partial charge is 0.269 e. The summed E-state index contributed by atoms with van der Waals surface area (Å²) in [7, 11) is 0. The fourth-order valence-electron chi connectivity index (χ4n) is 2.72. The van der Waals surface area contributed by atoms with E-state index in [1.54, 1.807) is 16.6 Å². The quantitative estimate of drug-likeness (QED) is 0.358. The van der Waals surface area contributed by atoms with Crippen LogP contribution in [0.4, 0.5) is 5.69 Å². The Labute approximate surface area is 143 Å². The Balaban J connectivity index is 1.70. The molecule has 0 saturated carbocycles. The number of nitro groups is 1. The number of non-ortho nitro benzene ring substituents is 1. The lowest BCUT2D eigenvalue weighted by atomic mass is 10.2. The van der Waals surface area contributed by atoms with Crippen molar-refractivity contribution in [2.75, 3.05) is 0 Å². The van der Waals surface area contributed by atoms with Crippen LogP contribution in [0.1, 0.15) is 0 Å². The van der Waals surface area contributed by atoms with Gasteiger partial charge in [-0.3, -0.25) is 10.1 Å². The zero-order chi connectivity index (χ0) is 17.0. The van der Waals surface area contributed by atoms with Crippen LogP contribution >= 0.6 is 11.3 Å². The number of nitro benzene ring substituents is 1. The molecule has 0 radical (unpaired) electrons. The lowest BCUT2D eigenvalue weighted by Gasteiger charge is -1.97. The fourth-order valence-corrected chi connectivity index (χ4v) is 3.57. The lowest BCUT2D eigenvalue weighted by molar-refractivity contribution is -0.384. The second-order valence-electron chi connectivity index (χ2n) is 5.41. The highest BCUT2D eigenvalue weighted by atomic mass is 32.1. The van der Waals surface area contributed by atoms with Crippen LogP contribution in [0, 0.1) is 10.1 Å². The van der Waals surface area contributed by atoms with E-state index in [9.17, 15) is 10.1 Å². The van der Waals surface area contributed by atoms with Crippen molar-refractivity contribution in [2.45, 2.75) is 0 Å². The summed E-state index contributed by atoms with van der Waals surface area (Å²) >= 11 is 1.36. The average molecular weight is 348 g/mol. The molecule has 3 aromatic rings. The van der Waals surface area contributed by atoms with Gasteiger partial charge >= 0.3 is 0 Å². The summed E-state index contributed by atoms with van der Waals surface area (Å²) in [5, 5.41) is 25.5. The summed E-state index contributed by atoms with van der Waals surface area (Å²) < 4.78 is 1.67. The molecule has 5 rings (SSSR count). The molecule has 0 fully saturated rings. The van der Waals surface area contributed by atoms with Gasteiger partial charge in [-0.15, -0.1) is 10.2 Å². The van der Waals surface area contributed by atoms with E-state index in [0.29, 0.717) is 21.5 Å². The van der Waals surface area contributed by atoms with Crippen LogP contribution in [0.3, 0.4) is 0 Å². The Morgan fingerprint density at radius 3 is 2.64 bits per heavy atom. The number of benzene rings is 2. The van der Waals surface area contributed by atoms with Gasteiger partial charge in [-0.2, -0.15) is 9.61 Å². The molecule has 120 valence electrons. The van der Waals surface area contributed by atoms with E-state index in [2.05, 4.69) is 20.3 Å². The first-order valence-electron chi connectivity index (χ1n) is 7.36. The number of aromatic nitrogens is 5. The Morgan fingerprint density at radius 1 is 1.04 bits per heavy atom. The molecule has 2 aliphatic rings. The van der Waals surface area contributed by atoms with Gasteiger partial charge in [0.25, 0.3) is 5.69 Å². The molecule has 9 heteroatoms. The minimum atomic E-state index is -0.425. The van der Waals surface area contributed by atoms with E-state index in [0.717, 1.165) is 16.5 Å². The molecule has 25 heavy (non-hydrogen) atoms. The second kappa shape index (κ2) is 5.02. The summed E-state index contributed by atoms with van der Waals surface area (Å²) in [6.07, 6.45) is 0. The monoisotopic (exact) mass is 348 g/mol. The topological polar surface area (TPSA) is 99.1 Å². The van der Waals surface area contributed by atoms with Crippen molar-refractivity contribution in [3.8, 4) is 22.1 Å². The van der Waals surface area contributed by atoms with Gasteiger partial charge in [0.1, 0.15) is 10.7 Å². The zero-order valence-corrected chi connectivity index (χ0v) is 13.3. The van der Waals surface area contributed by atoms with Gasteiger partial charge < -0.3 is 0 Å². The molecule has 0 N–H and O–H groups in total. The molecule has 1 aromatic heterocycles. The number of rotatable bonds is 2. The molecule has 3 heterocycles. The van der Waals surface area contributed by atoms with Crippen molar-refractivity contribution in [3.63, 3.8) is 0 Å². The second-order valence-corrected chi connectivity index (χ2v) is 6.36. The summed E-state index contributed by atoms with van der Waals surface area (Å²) in [4.78, 5) is 15.6. The first-order chi connectivity index (χ1) is 12.2. The van der Waals surface area contributed by atoms with Crippen molar-refractivity contribution in [2.24, 2.45) is 0 Å². The van der Waals surface area contributed by atoms with Gasteiger partial charge in [0.2, 0.25) is 4.96 Å². The van der Waals surface area contributed by atoms with Crippen molar-refractivity contribution in [1.29, 1.82) is 0 Å². The van der Waals surface area contributed by atoms with Gasteiger partial charge in [-0.05, 0) is 18.2 Å². The molecule has 8 nitrogen and oxygen atoms in total. The van der Waals surface area contributed by atoms with E-state index in [4.69, 9.17) is 0 Å².